The monoisotopic (exact) mass is 439 g/mol. The van der Waals surface area contributed by atoms with Gasteiger partial charge in [0.05, 0.1) is 0 Å². The molecule has 0 aromatic carbocycles. The summed E-state index contributed by atoms with van der Waals surface area (Å²) in [7, 11) is 0. The molecule has 0 aliphatic heterocycles. The Hall–Kier alpha value is 0.532. The van der Waals surface area contributed by atoms with E-state index in [1.54, 1.807) is 0 Å². The summed E-state index contributed by atoms with van der Waals surface area (Å²) in [6.45, 7) is 10.2. The smallest absolute Gasteiger partial charge is 0.107 e. The quantitative estimate of drug-likeness (QED) is 0.528. The van der Waals surface area contributed by atoms with Crippen molar-refractivity contribution in [2.24, 2.45) is 11.7 Å². The van der Waals surface area contributed by atoms with Gasteiger partial charge in [0.15, 0.2) is 0 Å². The van der Waals surface area contributed by atoms with Crippen LogP contribution in [-0.2, 0) is 4.74 Å². The average molecular weight is 439 g/mol. The standard InChI is InChI=1S/C10H19NO.C2H6.U.H2/c1-10(2)6-5-9-12-8-4-3-7-11;1-2;;/h10H,3-4,7-9,11H2,1-2H3;1-2H3;;1H. The van der Waals surface area contributed by atoms with Crippen LogP contribution in [0.25, 0.3) is 0 Å². The van der Waals surface area contributed by atoms with E-state index in [4.69, 9.17) is 10.5 Å². The van der Waals surface area contributed by atoms with Crippen LogP contribution in [0.1, 0.15) is 42.0 Å². The Morgan fingerprint density at radius 3 is 2.33 bits per heavy atom. The minimum absolute atomic E-state index is 0. The minimum Gasteiger partial charge on any atom is -0.369 e. The molecule has 0 aromatic heterocycles. The molecular formula is C12H27NOU. The van der Waals surface area contributed by atoms with Gasteiger partial charge in [-0.3, -0.25) is 0 Å². The molecular weight excluding hydrogens is 412 g/mol. The summed E-state index contributed by atoms with van der Waals surface area (Å²) < 4.78 is 5.26. The summed E-state index contributed by atoms with van der Waals surface area (Å²) in [5.41, 5.74) is 5.33. The van der Waals surface area contributed by atoms with Crippen LogP contribution < -0.4 is 5.73 Å². The van der Waals surface area contributed by atoms with Crippen LogP contribution in [0.3, 0.4) is 0 Å². The van der Waals surface area contributed by atoms with Crippen molar-refractivity contribution in [1.29, 1.82) is 0 Å². The SMILES string of the molecule is CC.CC(C)C#CCOCCCCN.[HH].[U]. The molecule has 0 rings (SSSR count). The summed E-state index contributed by atoms with van der Waals surface area (Å²) in [5.74, 6) is 6.44. The van der Waals surface area contributed by atoms with Gasteiger partial charge in [-0.15, -0.1) is 0 Å². The maximum Gasteiger partial charge on any atom is 0.107 e. The number of ether oxygens (including phenoxy) is 1. The Morgan fingerprint density at radius 1 is 1.27 bits per heavy atom. The Kier molecular flexibility index (Phi) is 27.9. The van der Waals surface area contributed by atoms with E-state index in [9.17, 15) is 0 Å². The molecule has 90 valence electrons. The molecule has 0 atom stereocenters. The van der Waals surface area contributed by atoms with Crippen molar-refractivity contribution in [3.8, 4) is 11.8 Å². The Balaban J connectivity index is -0.000000169. The zero-order valence-corrected chi connectivity index (χ0v) is 14.8. The first kappa shape index (κ1) is 20.9. The van der Waals surface area contributed by atoms with Crippen molar-refractivity contribution in [2.45, 2.75) is 40.5 Å². The molecule has 0 radical (unpaired) electrons. The first-order valence-electron chi connectivity index (χ1n) is 5.53. The fraction of sp³-hybridized carbons (Fsp3) is 0.833. The third-order valence-corrected chi connectivity index (χ3v) is 1.31. The van der Waals surface area contributed by atoms with Gasteiger partial charge in [0.2, 0.25) is 0 Å². The van der Waals surface area contributed by atoms with E-state index in [-0.39, 0.29) is 32.5 Å². The van der Waals surface area contributed by atoms with E-state index < -0.39 is 0 Å². The number of unbranched alkanes of at least 4 members (excludes halogenated alkanes) is 1. The molecule has 0 aromatic rings. The Morgan fingerprint density at radius 2 is 1.87 bits per heavy atom. The van der Waals surface area contributed by atoms with E-state index in [1.807, 2.05) is 13.8 Å². The number of rotatable bonds is 5. The molecule has 0 unspecified atom stereocenters. The third kappa shape index (κ3) is 25.1. The van der Waals surface area contributed by atoms with Crippen molar-refractivity contribution in [3.05, 3.63) is 0 Å². The normalized spacial score (nSPS) is 8.13. The zero-order valence-electron chi connectivity index (χ0n) is 10.6. The zero-order chi connectivity index (χ0) is 11.2. The molecule has 0 aliphatic rings. The fourth-order valence-electron chi connectivity index (χ4n) is 0.717. The second-order valence-electron chi connectivity index (χ2n) is 3.02. The molecule has 0 spiro atoms. The molecule has 0 aliphatic carbocycles. The molecule has 0 saturated heterocycles. The van der Waals surface area contributed by atoms with Gasteiger partial charge in [0, 0.05) is 45.1 Å². The van der Waals surface area contributed by atoms with Gasteiger partial charge in [0.1, 0.15) is 6.61 Å². The summed E-state index contributed by atoms with van der Waals surface area (Å²) in [6.07, 6.45) is 2.08. The molecule has 0 bridgehead atoms. The number of nitrogens with two attached hydrogens (primary N) is 1. The third-order valence-electron chi connectivity index (χ3n) is 1.31. The van der Waals surface area contributed by atoms with Crippen LogP contribution in [0.4, 0.5) is 0 Å². The van der Waals surface area contributed by atoms with Crippen molar-refractivity contribution in [3.63, 3.8) is 0 Å². The first-order chi connectivity index (χ1) is 6.77. The van der Waals surface area contributed by atoms with Crippen molar-refractivity contribution >= 4 is 0 Å². The second-order valence-corrected chi connectivity index (χ2v) is 3.02. The van der Waals surface area contributed by atoms with E-state index in [0.717, 1.165) is 26.0 Å². The molecule has 3 heteroatoms. The average Bonchev–Trinajstić information content (AvgIpc) is 2.19. The van der Waals surface area contributed by atoms with Crippen LogP contribution in [0, 0.1) is 48.9 Å². The van der Waals surface area contributed by atoms with Crippen molar-refractivity contribution < 1.29 is 37.3 Å². The summed E-state index contributed by atoms with van der Waals surface area (Å²) in [6, 6.07) is 0. The van der Waals surface area contributed by atoms with E-state index in [0.29, 0.717) is 12.5 Å². The topological polar surface area (TPSA) is 35.2 Å². The predicted octanol–water partition coefficient (Wildman–Crippen LogP) is 2.67. The first-order valence-corrected chi connectivity index (χ1v) is 5.53. The molecule has 0 amide bonds. The fourth-order valence-corrected chi connectivity index (χ4v) is 0.717. The van der Waals surface area contributed by atoms with E-state index in [2.05, 4.69) is 25.7 Å². The Labute approximate surface area is 121 Å². The van der Waals surface area contributed by atoms with Gasteiger partial charge >= 0.3 is 0 Å². The van der Waals surface area contributed by atoms with Crippen molar-refractivity contribution in [2.75, 3.05) is 19.8 Å². The second kappa shape index (κ2) is 20.0. The maximum absolute atomic E-state index is 5.33. The Bertz CT molecular complexity index is 155. The summed E-state index contributed by atoms with van der Waals surface area (Å²) in [5, 5.41) is 0. The van der Waals surface area contributed by atoms with E-state index >= 15 is 0 Å². The largest absolute Gasteiger partial charge is 0.369 e. The minimum atomic E-state index is 0. The molecule has 2 N–H and O–H groups in total. The maximum atomic E-state index is 5.33. The van der Waals surface area contributed by atoms with Crippen LogP contribution in [0.5, 0.6) is 0 Å². The van der Waals surface area contributed by atoms with Crippen LogP contribution in [-0.4, -0.2) is 19.8 Å². The van der Waals surface area contributed by atoms with Gasteiger partial charge < -0.3 is 10.5 Å². The van der Waals surface area contributed by atoms with Gasteiger partial charge in [-0.1, -0.05) is 39.5 Å². The summed E-state index contributed by atoms with van der Waals surface area (Å²) >= 11 is 0. The summed E-state index contributed by atoms with van der Waals surface area (Å²) in [4.78, 5) is 0. The molecule has 0 heterocycles. The molecule has 0 fully saturated rings. The van der Waals surface area contributed by atoms with Gasteiger partial charge in [-0.25, -0.2) is 0 Å². The van der Waals surface area contributed by atoms with Crippen LogP contribution in [0.2, 0.25) is 0 Å². The van der Waals surface area contributed by atoms with Gasteiger partial charge in [0.25, 0.3) is 0 Å². The van der Waals surface area contributed by atoms with Gasteiger partial charge in [-0.05, 0) is 19.4 Å². The molecule has 0 saturated carbocycles. The molecule has 15 heavy (non-hydrogen) atoms. The number of hydrogen-bond acceptors (Lipinski definition) is 2. The molecule has 2 nitrogen and oxygen atoms in total. The van der Waals surface area contributed by atoms with Gasteiger partial charge in [-0.2, -0.15) is 0 Å². The van der Waals surface area contributed by atoms with Crippen molar-refractivity contribution in [1.82, 2.24) is 0 Å². The van der Waals surface area contributed by atoms with Crippen LogP contribution >= 0.6 is 0 Å². The van der Waals surface area contributed by atoms with E-state index in [1.165, 1.54) is 0 Å². The van der Waals surface area contributed by atoms with Crippen LogP contribution in [0.15, 0.2) is 0 Å². The number of hydrogen-bond donors (Lipinski definition) is 1. The predicted molar refractivity (Wildman–Crippen MR) is 65.2 cm³/mol.